The number of ketones is 2. The van der Waals surface area contributed by atoms with Crippen LogP contribution in [0.5, 0.6) is 0 Å². The van der Waals surface area contributed by atoms with Gasteiger partial charge in [0.25, 0.3) is 5.91 Å². The van der Waals surface area contributed by atoms with Crippen molar-refractivity contribution in [1.82, 2.24) is 30.2 Å². The summed E-state index contributed by atoms with van der Waals surface area (Å²) in [7, 11) is -16.7. The number of imidazole rings is 1. The number of anilines is 1. The Morgan fingerprint density at radius 1 is 0.955 bits per heavy atom. The van der Waals surface area contributed by atoms with Gasteiger partial charge in [0.05, 0.1) is 18.7 Å². The van der Waals surface area contributed by atoms with Gasteiger partial charge in [-0.05, 0) is 25.5 Å². The normalized spacial score (nSPS) is 20.5. The molecule has 29 heteroatoms. The van der Waals surface area contributed by atoms with Crippen LogP contribution in [-0.2, 0) is 50.7 Å². The van der Waals surface area contributed by atoms with E-state index in [1.807, 2.05) is 6.07 Å². The Balaban J connectivity index is 1.03. The Hall–Kier alpha value is -4.33. The number of carbonyl (C=O) groups excluding carboxylic acids is 4. The molecule has 2 amide bonds. The van der Waals surface area contributed by atoms with E-state index < -0.39 is 84.1 Å². The lowest BCUT2D eigenvalue weighted by molar-refractivity contribution is -0.140. The van der Waals surface area contributed by atoms with E-state index in [1.165, 1.54) is 11.8 Å². The Morgan fingerprint density at radius 3 is 2.35 bits per heavy atom. The van der Waals surface area contributed by atoms with E-state index in [0.29, 0.717) is 22.4 Å². The fourth-order valence-electron chi connectivity index (χ4n) is 6.37. The number of hydrogen-bond donors (Lipinski definition) is 9. The van der Waals surface area contributed by atoms with E-state index in [0.717, 1.165) is 31.1 Å². The van der Waals surface area contributed by atoms with Crippen LogP contribution in [0.15, 0.2) is 67.3 Å². The van der Waals surface area contributed by atoms with Crippen LogP contribution in [0.25, 0.3) is 11.2 Å². The minimum atomic E-state index is -5.70. The molecule has 4 unspecified atom stereocenters. The number of fused-ring (bicyclic) bond motifs is 1. The van der Waals surface area contributed by atoms with Crippen molar-refractivity contribution in [3.8, 4) is 0 Å². The zero-order chi connectivity index (χ0) is 48.6. The molecule has 2 aromatic heterocycles. The van der Waals surface area contributed by atoms with Crippen molar-refractivity contribution in [1.29, 1.82) is 0 Å². The Bertz CT molecular complexity index is 2530. The Morgan fingerprint density at radius 2 is 1.65 bits per heavy atom. The van der Waals surface area contributed by atoms with Gasteiger partial charge in [-0.15, -0.1) is 0 Å². The Kier molecular flexibility index (Phi) is 17.7. The summed E-state index contributed by atoms with van der Waals surface area (Å²) in [6.07, 6.45) is -7.48. The molecule has 0 spiro atoms. The van der Waals surface area contributed by atoms with E-state index in [4.69, 9.17) is 19.5 Å². The van der Waals surface area contributed by atoms with Gasteiger partial charge in [0, 0.05) is 42.3 Å². The maximum absolute atomic E-state index is 12.9. The molecule has 1 aliphatic heterocycles. The molecule has 66 heavy (non-hydrogen) atoms. The topological polar surface area (TPSA) is 381 Å². The molecule has 1 fully saturated rings. The zero-order valence-electron chi connectivity index (χ0n) is 35.3. The van der Waals surface area contributed by atoms with Gasteiger partial charge in [-0.3, -0.25) is 37.3 Å². The number of nitrogens with zero attached hydrogens (tertiary/aromatic N) is 4. The van der Waals surface area contributed by atoms with Crippen LogP contribution in [0.2, 0.25) is 0 Å². The molecule has 3 heterocycles. The summed E-state index contributed by atoms with van der Waals surface area (Å²) in [4.78, 5) is 102. The van der Waals surface area contributed by atoms with E-state index in [2.05, 4.69) is 34.4 Å². The largest absolute Gasteiger partial charge is 0.481 e. The molecule has 0 bridgehead atoms. The number of thioether (sulfide) groups is 1. The third-order valence-corrected chi connectivity index (χ3v) is 14.1. The van der Waals surface area contributed by atoms with Gasteiger partial charge in [-0.1, -0.05) is 55.5 Å². The molecule has 0 saturated carbocycles. The monoisotopic (exact) mass is 1000 g/mol. The number of aliphatic hydroxyl groups excluding tert-OH is 2. The highest BCUT2D eigenvalue weighted by atomic mass is 32.2. The predicted octanol–water partition coefficient (Wildman–Crippen LogP) is 1.49. The van der Waals surface area contributed by atoms with Crippen molar-refractivity contribution in [2.24, 2.45) is 0 Å². The second-order valence-electron chi connectivity index (χ2n) is 15.1. The molecule has 4 aromatic rings. The van der Waals surface area contributed by atoms with Gasteiger partial charge in [0.1, 0.15) is 41.5 Å². The fraction of sp³-hybridized carbons (Fsp3) is 0.432. The average Bonchev–Trinajstić information content (AvgIpc) is 3.81. The first-order valence-corrected chi connectivity index (χ1v) is 25.3. The van der Waals surface area contributed by atoms with E-state index >= 15 is 0 Å². The van der Waals surface area contributed by atoms with Crippen molar-refractivity contribution >= 4 is 75.6 Å². The maximum Gasteiger partial charge on any atom is 0.481 e. The van der Waals surface area contributed by atoms with Gasteiger partial charge in [0.2, 0.25) is 5.91 Å². The lowest BCUT2D eigenvalue weighted by Gasteiger charge is -2.31. The molecule has 5 rings (SSSR count). The number of rotatable bonds is 24. The number of nitrogens with one attached hydrogen (secondary N) is 2. The number of nitrogen functional groups attached to an aromatic ring is 1. The molecule has 0 aliphatic carbocycles. The molecular weight excluding hydrogens is 955 g/mol. The summed E-state index contributed by atoms with van der Waals surface area (Å²) in [6, 6.07) is 15.7. The molecule has 0 radical (unpaired) electrons. The third-order valence-electron chi connectivity index (χ3n) is 9.73. The molecular formula is C37H48N7O18P3S. The van der Waals surface area contributed by atoms with Crippen molar-refractivity contribution in [3.63, 3.8) is 0 Å². The molecule has 360 valence electrons. The van der Waals surface area contributed by atoms with E-state index in [1.54, 1.807) is 55.5 Å². The first-order chi connectivity index (χ1) is 30.9. The lowest BCUT2D eigenvalue weighted by Crippen LogP contribution is -2.49. The van der Waals surface area contributed by atoms with Crippen molar-refractivity contribution < 1.29 is 85.3 Å². The SMILES string of the molecule is CC(C(=O)CSCCNC(=O)CCNC(=O)C(O)C(C)(C)OP(=O)(O)OP(=O)(O)OC[C@@H]1O[C@H](n2cnc3c(N)ncnc32)[C@@H](O)[C@H]1OP(=O)(O)O)c1cccc(C(=O)c2ccccc2)c1. The van der Waals surface area contributed by atoms with Crippen LogP contribution in [0.4, 0.5) is 5.82 Å². The summed E-state index contributed by atoms with van der Waals surface area (Å²) in [6.45, 7) is 2.39. The maximum atomic E-state index is 12.9. The first-order valence-electron chi connectivity index (χ1n) is 19.6. The van der Waals surface area contributed by atoms with Crippen LogP contribution >= 0.6 is 35.2 Å². The number of ether oxygens (including phenoxy) is 1. The minimum Gasteiger partial charge on any atom is -0.386 e. The second-order valence-corrected chi connectivity index (χ2v) is 20.3. The Labute approximate surface area is 380 Å². The number of benzene rings is 2. The van der Waals surface area contributed by atoms with E-state index in [9.17, 15) is 62.7 Å². The molecule has 10 N–H and O–H groups in total. The van der Waals surface area contributed by atoms with Crippen molar-refractivity contribution in [3.05, 3.63) is 83.9 Å². The van der Waals surface area contributed by atoms with Gasteiger partial charge in [-0.2, -0.15) is 16.1 Å². The minimum absolute atomic E-state index is 0.0139. The number of hydrogen-bond acceptors (Lipinski definition) is 19. The van der Waals surface area contributed by atoms with Crippen LogP contribution in [0.1, 0.15) is 60.8 Å². The van der Waals surface area contributed by atoms with Crippen molar-refractivity contribution in [2.45, 2.75) is 69.4 Å². The highest BCUT2D eigenvalue weighted by Crippen LogP contribution is 2.62. The van der Waals surface area contributed by atoms with Gasteiger partial charge in [0.15, 0.2) is 29.6 Å². The van der Waals surface area contributed by atoms with Crippen molar-refractivity contribution in [2.75, 3.05) is 36.9 Å². The lowest BCUT2D eigenvalue weighted by atomic mass is 9.93. The molecule has 1 saturated heterocycles. The smallest absolute Gasteiger partial charge is 0.386 e. The van der Waals surface area contributed by atoms with Crippen LogP contribution in [-0.4, -0.2) is 134 Å². The van der Waals surface area contributed by atoms with Crippen LogP contribution in [0, 0.1) is 0 Å². The summed E-state index contributed by atoms with van der Waals surface area (Å²) in [5.74, 6) is -1.91. The number of carbonyl (C=O) groups is 4. The predicted molar refractivity (Wildman–Crippen MR) is 232 cm³/mol. The summed E-state index contributed by atoms with van der Waals surface area (Å²) in [5, 5.41) is 26.4. The number of phosphoric acid groups is 3. The van der Waals surface area contributed by atoms with Gasteiger partial charge in [-0.25, -0.2) is 28.6 Å². The second kappa shape index (κ2) is 22.2. The number of nitrogens with two attached hydrogens (primary N) is 1. The molecule has 25 nitrogen and oxygen atoms in total. The molecule has 2 aromatic carbocycles. The summed E-state index contributed by atoms with van der Waals surface area (Å²) < 4.78 is 62.6. The average molecular weight is 1000 g/mol. The quantitative estimate of drug-likeness (QED) is 0.0273. The first kappa shape index (κ1) is 52.6. The highest BCUT2D eigenvalue weighted by molar-refractivity contribution is 7.99. The van der Waals surface area contributed by atoms with Crippen LogP contribution in [0.3, 0.4) is 0 Å². The summed E-state index contributed by atoms with van der Waals surface area (Å²) in [5.41, 5.74) is 5.27. The van der Waals surface area contributed by atoms with Gasteiger partial charge < -0.3 is 50.9 Å². The summed E-state index contributed by atoms with van der Waals surface area (Å²) >= 11 is 1.29. The molecule has 8 atom stereocenters. The number of aliphatic hydroxyl groups is 2. The number of phosphoric ester groups is 3. The fourth-order valence-corrected chi connectivity index (χ4v) is 10.2. The van der Waals surface area contributed by atoms with Gasteiger partial charge >= 0.3 is 23.5 Å². The number of Topliss-reactive ketones (excluding diaryl/α,β-unsaturated/α-hetero) is 1. The van der Waals surface area contributed by atoms with E-state index in [-0.39, 0.29) is 53.8 Å². The standard InChI is InChI=1S/C37H48N7O18P3S/c1-21(23-10-7-11-24(16-23)29(47)22-8-5-4-6-9-22)25(45)18-66-15-14-39-27(46)12-13-40-35(50)32(49)37(2,3)61-65(56,57)62-64(54,55)58-17-26-31(60-63(51,52)53)30(48)36(59-26)44-20-43-28-33(38)41-19-42-34(28)44/h4-11,16,19-21,26,30-32,36,48-49H,12-15,17-18H2,1-3H3,(H,39,46)(H,40,50)(H,54,55)(H,56,57)(H2,38,41,42)(H2,51,52,53)/t21?,26-,30-,31-,32?,36-/m0/s1. The van der Waals surface area contributed by atoms with Crippen LogP contribution < -0.4 is 16.4 Å². The number of aromatic nitrogens is 4. The third kappa shape index (κ3) is 14.3. The highest BCUT2D eigenvalue weighted by Gasteiger charge is 2.51. The number of amides is 2. The zero-order valence-corrected chi connectivity index (χ0v) is 38.8. The molecule has 1 aliphatic rings.